The van der Waals surface area contributed by atoms with Gasteiger partial charge in [-0.2, -0.15) is 13.2 Å². The van der Waals surface area contributed by atoms with Gasteiger partial charge in [-0.05, 0) is 17.2 Å². The van der Waals surface area contributed by atoms with Gasteiger partial charge in [0.05, 0.1) is 0 Å². The van der Waals surface area contributed by atoms with Crippen molar-refractivity contribution < 1.29 is 18.3 Å². The molecule has 0 radical (unpaired) electrons. The number of aliphatic hydroxyl groups is 1. The van der Waals surface area contributed by atoms with Crippen LogP contribution in [0.1, 0.15) is 11.7 Å². The van der Waals surface area contributed by atoms with E-state index < -0.39 is 12.3 Å². The minimum atomic E-state index is -4.72. The minimum absolute atomic E-state index is 0.0731. The molecule has 17 heavy (non-hydrogen) atoms. The summed E-state index contributed by atoms with van der Waals surface area (Å²) in [5.41, 5.74) is 0.591. The molecular weight excluding hydrogens is 253 g/mol. The van der Waals surface area contributed by atoms with Crippen LogP contribution in [0.5, 0.6) is 0 Å². The first-order valence-corrected chi connectivity index (χ1v) is 5.21. The molecule has 0 saturated heterocycles. The van der Waals surface area contributed by atoms with E-state index in [1.807, 2.05) is 0 Å². The van der Waals surface area contributed by atoms with Gasteiger partial charge in [0, 0.05) is 10.6 Å². The lowest BCUT2D eigenvalue weighted by Gasteiger charge is -2.15. The lowest BCUT2D eigenvalue weighted by Crippen LogP contribution is -2.20. The van der Waals surface area contributed by atoms with Crippen molar-refractivity contribution in [3.8, 4) is 11.1 Å². The predicted molar refractivity (Wildman–Crippen MR) is 59.1 cm³/mol. The Morgan fingerprint density at radius 1 is 1.12 bits per heavy atom. The van der Waals surface area contributed by atoms with Gasteiger partial charge in [-0.3, -0.25) is 0 Å². The molecule has 0 aromatic carbocycles. The SMILES string of the molecule is O[C@H](c1c(Cl)cc2cccccc1-2)C(F)(F)F. The van der Waals surface area contributed by atoms with E-state index in [-0.39, 0.29) is 10.6 Å². The minimum Gasteiger partial charge on any atom is -0.379 e. The predicted octanol–water partition coefficient (Wildman–Crippen LogP) is 4.04. The van der Waals surface area contributed by atoms with Gasteiger partial charge in [0.2, 0.25) is 0 Å². The van der Waals surface area contributed by atoms with Crippen LogP contribution in [0.25, 0.3) is 11.1 Å². The lowest BCUT2D eigenvalue weighted by molar-refractivity contribution is -0.206. The second-order valence-electron chi connectivity index (χ2n) is 3.63. The van der Waals surface area contributed by atoms with Crippen LogP contribution in [-0.4, -0.2) is 11.3 Å². The van der Waals surface area contributed by atoms with Crippen molar-refractivity contribution in [1.82, 2.24) is 0 Å². The summed E-state index contributed by atoms with van der Waals surface area (Å²) in [6.45, 7) is 0. The van der Waals surface area contributed by atoms with Crippen molar-refractivity contribution in [2.24, 2.45) is 0 Å². The Hall–Kier alpha value is -1.26. The first kappa shape index (κ1) is 12.2. The maximum Gasteiger partial charge on any atom is 0.418 e. The molecule has 1 N–H and O–H groups in total. The zero-order valence-electron chi connectivity index (χ0n) is 8.50. The topological polar surface area (TPSA) is 20.2 Å². The number of hydrogen-bond acceptors (Lipinski definition) is 1. The monoisotopic (exact) mass is 260 g/mol. The third-order valence-corrected chi connectivity index (χ3v) is 2.80. The molecule has 5 heteroatoms. The van der Waals surface area contributed by atoms with Gasteiger partial charge in [0.1, 0.15) is 0 Å². The number of fused-ring (bicyclic) bond motifs is 1. The molecule has 0 fully saturated rings. The van der Waals surface area contributed by atoms with Gasteiger partial charge in [-0.15, -0.1) is 0 Å². The highest BCUT2D eigenvalue weighted by Gasteiger charge is 2.42. The van der Waals surface area contributed by atoms with Crippen LogP contribution in [0, 0.1) is 0 Å². The van der Waals surface area contributed by atoms with Gasteiger partial charge >= 0.3 is 6.18 Å². The van der Waals surface area contributed by atoms with E-state index in [9.17, 15) is 18.3 Å². The molecule has 0 heterocycles. The van der Waals surface area contributed by atoms with Gasteiger partial charge in [0.15, 0.2) is 6.10 Å². The summed E-state index contributed by atoms with van der Waals surface area (Å²) in [5, 5.41) is 9.22. The Balaban J connectivity index is 2.61. The highest BCUT2D eigenvalue weighted by Crippen LogP contribution is 2.43. The Morgan fingerprint density at radius 3 is 2.41 bits per heavy atom. The van der Waals surface area contributed by atoms with Crippen LogP contribution < -0.4 is 0 Å². The van der Waals surface area contributed by atoms with Crippen LogP contribution in [0.4, 0.5) is 13.2 Å². The molecular formula is C12H8ClF3O. The summed E-state index contributed by atoms with van der Waals surface area (Å²) in [6.07, 6.45) is -7.28. The van der Waals surface area contributed by atoms with Crippen molar-refractivity contribution >= 4 is 11.6 Å². The van der Waals surface area contributed by atoms with Crippen molar-refractivity contribution in [1.29, 1.82) is 0 Å². The molecule has 0 saturated carbocycles. The van der Waals surface area contributed by atoms with Gasteiger partial charge in [-0.25, -0.2) is 0 Å². The molecule has 0 unspecified atom stereocenters. The van der Waals surface area contributed by atoms with Crippen LogP contribution >= 0.6 is 11.6 Å². The van der Waals surface area contributed by atoms with E-state index in [1.165, 1.54) is 12.1 Å². The maximum atomic E-state index is 12.5. The number of hydrogen-bond donors (Lipinski definition) is 1. The quantitative estimate of drug-likeness (QED) is 0.820. The summed E-state index contributed by atoms with van der Waals surface area (Å²) in [5.74, 6) is 0. The second-order valence-corrected chi connectivity index (χ2v) is 4.04. The van der Waals surface area contributed by atoms with Crippen LogP contribution in [-0.2, 0) is 0 Å². The first-order chi connectivity index (χ1) is 7.91. The molecule has 0 amide bonds. The largest absolute Gasteiger partial charge is 0.418 e. The summed E-state index contributed by atoms with van der Waals surface area (Å²) in [4.78, 5) is 0. The molecule has 2 rings (SSSR count). The molecule has 0 aromatic rings. The fourth-order valence-electron chi connectivity index (χ4n) is 1.72. The second kappa shape index (κ2) is 4.20. The maximum absolute atomic E-state index is 12.5. The van der Waals surface area contributed by atoms with Crippen molar-refractivity contribution in [2.75, 3.05) is 0 Å². The fraction of sp³-hybridized carbons (Fsp3) is 0.167. The van der Waals surface area contributed by atoms with E-state index in [0.29, 0.717) is 11.1 Å². The summed E-state index contributed by atoms with van der Waals surface area (Å²) in [7, 11) is 0. The average Bonchev–Trinajstić information content (AvgIpc) is 2.40. The van der Waals surface area contributed by atoms with Crippen LogP contribution in [0.3, 0.4) is 0 Å². The number of alkyl halides is 3. The summed E-state index contributed by atoms with van der Waals surface area (Å²) < 4.78 is 37.5. The molecule has 0 bridgehead atoms. The van der Waals surface area contributed by atoms with Crippen LogP contribution in [0.15, 0.2) is 36.4 Å². The van der Waals surface area contributed by atoms with E-state index in [4.69, 9.17) is 11.6 Å². The van der Waals surface area contributed by atoms with E-state index in [2.05, 4.69) is 0 Å². The standard InChI is InChI=1S/C12H8ClF3O/c13-9-6-7-4-2-1-3-5-8(7)10(9)11(17)12(14,15)16/h1-6,11,17H/t11-/m1/s1. The zero-order chi connectivity index (χ0) is 12.6. The summed E-state index contributed by atoms with van der Waals surface area (Å²) in [6, 6.07) is 9.56. The Bertz CT molecular complexity index is 510. The zero-order valence-corrected chi connectivity index (χ0v) is 9.26. The van der Waals surface area contributed by atoms with E-state index >= 15 is 0 Å². The average molecular weight is 261 g/mol. The third-order valence-electron chi connectivity index (χ3n) is 2.49. The highest BCUT2D eigenvalue weighted by atomic mass is 35.5. The van der Waals surface area contributed by atoms with E-state index in [1.54, 1.807) is 24.3 Å². The highest BCUT2D eigenvalue weighted by molar-refractivity contribution is 6.32. The third kappa shape index (κ3) is 2.23. The molecule has 90 valence electrons. The Labute approximate surface area is 101 Å². The Kier molecular flexibility index (Phi) is 3.02. The van der Waals surface area contributed by atoms with Gasteiger partial charge < -0.3 is 5.11 Å². The van der Waals surface area contributed by atoms with E-state index in [0.717, 1.165) is 0 Å². The molecule has 1 atom stereocenters. The number of halogens is 4. The van der Waals surface area contributed by atoms with Crippen molar-refractivity contribution in [2.45, 2.75) is 12.3 Å². The van der Waals surface area contributed by atoms with Crippen molar-refractivity contribution in [3.05, 3.63) is 47.0 Å². The molecule has 0 aliphatic heterocycles. The fourth-order valence-corrected chi connectivity index (χ4v) is 2.04. The Morgan fingerprint density at radius 2 is 1.76 bits per heavy atom. The van der Waals surface area contributed by atoms with Gasteiger partial charge in [0.25, 0.3) is 0 Å². The lowest BCUT2D eigenvalue weighted by atomic mass is 10.1. The summed E-state index contributed by atoms with van der Waals surface area (Å²) >= 11 is 5.75. The smallest absolute Gasteiger partial charge is 0.379 e. The molecule has 0 spiro atoms. The molecule has 0 aromatic heterocycles. The number of aliphatic hydroxyl groups excluding tert-OH is 1. The normalized spacial score (nSPS) is 13.9. The molecule has 2 aliphatic carbocycles. The van der Waals surface area contributed by atoms with Crippen molar-refractivity contribution in [3.63, 3.8) is 0 Å². The molecule has 1 nitrogen and oxygen atoms in total. The van der Waals surface area contributed by atoms with Crippen LogP contribution in [0.2, 0.25) is 5.02 Å². The van der Waals surface area contributed by atoms with Gasteiger partial charge in [-0.1, -0.05) is 41.9 Å². The molecule has 2 aliphatic rings. The first-order valence-electron chi connectivity index (χ1n) is 4.83. The number of rotatable bonds is 1.